The molecule has 0 radical (unpaired) electrons. The van der Waals surface area contributed by atoms with Gasteiger partial charge in [0.1, 0.15) is 16.9 Å². The number of hydrogen-bond donors (Lipinski definition) is 2. The molecule has 3 aromatic rings. The van der Waals surface area contributed by atoms with Crippen LogP contribution in [0, 0.1) is 5.82 Å². The minimum atomic E-state index is -0.606. The molecular weight excluding hydrogens is 447 g/mol. The van der Waals surface area contributed by atoms with E-state index in [2.05, 4.69) is 22.1 Å². The largest absolute Gasteiger partial charge is 0.505 e. The van der Waals surface area contributed by atoms with Crippen LogP contribution in [0.25, 0.3) is 17.2 Å². The lowest BCUT2D eigenvalue weighted by Gasteiger charge is -2.23. The number of halogens is 1. The van der Waals surface area contributed by atoms with Crippen molar-refractivity contribution >= 4 is 23.1 Å². The molecule has 7 nitrogen and oxygen atoms in total. The Morgan fingerprint density at radius 2 is 2.00 bits per heavy atom. The van der Waals surface area contributed by atoms with E-state index in [1.54, 1.807) is 30.6 Å². The number of pyridine rings is 2. The standard InChI is InChI=1S/C27H31FN4O3/c1-4-31-11-5-6-21(31)15-30-26(34)23-25(33)24-22(32(27(23)35)16-17(2)3)13-19(14-29-24)12-18-7-9-20(28)10-8-18/h7-10,13-14,16,21,33H,4-6,11-12,15H2,1-3H3,(H,30,34). The van der Waals surface area contributed by atoms with Crippen molar-refractivity contribution in [3.8, 4) is 5.75 Å². The smallest absolute Gasteiger partial charge is 0.271 e. The third-order valence-electron chi connectivity index (χ3n) is 6.42. The molecule has 1 unspecified atom stereocenters. The molecule has 1 atom stereocenters. The molecule has 3 heterocycles. The fourth-order valence-corrected chi connectivity index (χ4v) is 4.68. The number of carbonyl (C=O) groups excluding carboxylic acids is 1. The minimum Gasteiger partial charge on any atom is -0.505 e. The molecule has 1 aromatic carbocycles. The molecule has 0 bridgehead atoms. The van der Waals surface area contributed by atoms with Gasteiger partial charge in [0.25, 0.3) is 11.5 Å². The van der Waals surface area contributed by atoms with Gasteiger partial charge in [-0.05, 0) is 75.5 Å². The second kappa shape index (κ2) is 10.4. The quantitative estimate of drug-likeness (QED) is 0.537. The third-order valence-corrected chi connectivity index (χ3v) is 6.42. The number of benzene rings is 1. The zero-order valence-corrected chi connectivity index (χ0v) is 20.3. The summed E-state index contributed by atoms with van der Waals surface area (Å²) in [6.45, 7) is 8.09. The zero-order valence-electron chi connectivity index (χ0n) is 20.3. The number of likely N-dealkylation sites (N-methyl/N-ethyl adjacent to an activating group) is 1. The summed E-state index contributed by atoms with van der Waals surface area (Å²) in [7, 11) is 0. The van der Waals surface area contributed by atoms with Crippen LogP contribution >= 0.6 is 0 Å². The van der Waals surface area contributed by atoms with Gasteiger partial charge in [-0.2, -0.15) is 0 Å². The van der Waals surface area contributed by atoms with Crippen molar-refractivity contribution in [3.05, 3.63) is 75.0 Å². The number of aromatic hydroxyl groups is 1. The van der Waals surface area contributed by atoms with E-state index in [9.17, 15) is 19.1 Å². The number of nitrogens with one attached hydrogen (secondary N) is 1. The molecule has 2 aromatic heterocycles. The molecule has 0 spiro atoms. The summed E-state index contributed by atoms with van der Waals surface area (Å²) in [6, 6.07) is 8.16. The highest BCUT2D eigenvalue weighted by Crippen LogP contribution is 2.27. The summed E-state index contributed by atoms with van der Waals surface area (Å²) in [4.78, 5) is 33.2. The van der Waals surface area contributed by atoms with Crippen molar-refractivity contribution < 1.29 is 14.3 Å². The Morgan fingerprint density at radius 1 is 1.26 bits per heavy atom. The number of likely N-dealkylation sites (tertiary alicyclic amines) is 1. The van der Waals surface area contributed by atoms with Gasteiger partial charge in [0.05, 0.1) is 5.52 Å². The number of fused-ring (bicyclic) bond motifs is 1. The number of amides is 1. The highest BCUT2D eigenvalue weighted by atomic mass is 19.1. The first kappa shape index (κ1) is 24.6. The lowest BCUT2D eigenvalue weighted by molar-refractivity contribution is 0.0937. The molecule has 1 saturated heterocycles. The van der Waals surface area contributed by atoms with Crippen molar-refractivity contribution in [2.24, 2.45) is 0 Å². The van der Waals surface area contributed by atoms with E-state index in [4.69, 9.17) is 0 Å². The summed E-state index contributed by atoms with van der Waals surface area (Å²) in [5, 5.41) is 13.8. The Kier molecular flexibility index (Phi) is 7.31. The first-order valence-electron chi connectivity index (χ1n) is 12.0. The van der Waals surface area contributed by atoms with Crippen LogP contribution in [0.5, 0.6) is 5.75 Å². The van der Waals surface area contributed by atoms with Crippen LogP contribution < -0.4 is 10.9 Å². The Bertz CT molecular complexity index is 1330. The Balaban J connectivity index is 1.72. The number of hydrogen-bond acceptors (Lipinski definition) is 5. The second-order valence-electron chi connectivity index (χ2n) is 9.25. The van der Waals surface area contributed by atoms with E-state index in [0.29, 0.717) is 18.5 Å². The van der Waals surface area contributed by atoms with Crippen molar-refractivity contribution in [3.63, 3.8) is 0 Å². The Labute approximate surface area is 203 Å². The van der Waals surface area contributed by atoms with Gasteiger partial charge in [-0.1, -0.05) is 24.6 Å². The van der Waals surface area contributed by atoms with Gasteiger partial charge in [0.2, 0.25) is 0 Å². The van der Waals surface area contributed by atoms with Crippen molar-refractivity contribution in [1.82, 2.24) is 19.8 Å². The van der Waals surface area contributed by atoms with Crippen LogP contribution in [0.1, 0.15) is 55.1 Å². The van der Waals surface area contributed by atoms with Gasteiger partial charge in [0, 0.05) is 25.0 Å². The van der Waals surface area contributed by atoms with Crippen LogP contribution in [0.3, 0.4) is 0 Å². The van der Waals surface area contributed by atoms with E-state index >= 15 is 0 Å². The lowest BCUT2D eigenvalue weighted by Crippen LogP contribution is -2.41. The summed E-state index contributed by atoms with van der Waals surface area (Å²) < 4.78 is 14.6. The molecule has 1 aliphatic rings. The highest BCUT2D eigenvalue weighted by molar-refractivity contribution is 6.01. The predicted molar refractivity (Wildman–Crippen MR) is 135 cm³/mol. The molecule has 2 N–H and O–H groups in total. The topological polar surface area (TPSA) is 87.5 Å². The fraction of sp³-hybridized carbons (Fsp3) is 0.370. The van der Waals surface area contributed by atoms with Gasteiger partial charge in [-0.25, -0.2) is 4.39 Å². The molecule has 1 aliphatic heterocycles. The van der Waals surface area contributed by atoms with Crippen molar-refractivity contribution in [2.45, 2.75) is 46.1 Å². The van der Waals surface area contributed by atoms with Gasteiger partial charge in [0.15, 0.2) is 5.75 Å². The molecule has 4 rings (SSSR count). The van der Waals surface area contributed by atoms with Gasteiger partial charge < -0.3 is 10.4 Å². The maximum absolute atomic E-state index is 13.4. The normalized spacial score (nSPS) is 15.9. The van der Waals surface area contributed by atoms with E-state index < -0.39 is 17.2 Å². The van der Waals surface area contributed by atoms with E-state index in [0.717, 1.165) is 42.6 Å². The summed E-state index contributed by atoms with van der Waals surface area (Å²) >= 11 is 0. The average molecular weight is 479 g/mol. The minimum absolute atomic E-state index is 0.172. The number of nitrogens with zero attached hydrogens (tertiary/aromatic N) is 3. The maximum atomic E-state index is 13.4. The summed E-state index contributed by atoms with van der Waals surface area (Å²) in [6.07, 6.45) is 5.78. The fourth-order valence-electron chi connectivity index (χ4n) is 4.68. The predicted octanol–water partition coefficient (Wildman–Crippen LogP) is 3.93. The number of carbonyl (C=O) groups is 1. The maximum Gasteiger partial charge on any atom is 0.271 e. The molecule has 0 aliphatic carbocycles. The van der Waals surface area contributed by atoms with E-state index in [-0.39, 0.29) is 22.9 Å². The third kappa shape index (κ3) is 5.27. The second-order valence-corrected chi connectivity index (χ2v) is 9.25. The molecule has 1 amide bonds. The number of aromatic nitrogens is 2. The summed E-state index contributed by atoms with van der Waals surface area (Å²) in [5.74, 6) is -1.34. The molecule has 184 valence electrons. The SMILES string of the molecule is CCN1CCCC1CNC(=O)c1c(O)c2ncc(Cc3ccc(F)cc3)cc2n(C=C(C)C)c1=O. The average Bonchev–Trinajstić information content (AvgIpc) is 3.29. The lowest BCUT2D eigenvalue weighted by atomic mass is 10.1. The van der Waals surface area contributed by atoms with Crippen LogP contribution in [0.2, 0.25) is 0 Å². The Hall–Kier alpha value is -3.52. The highest BCUT2D eigenvalue weighted by Gasteiger charge is 2.26. The van der Waals surface area contributed by atoms with Crippen molar-refractivity contribution in [1.29, 1.82) is 0 Å². The van der Waals surface area contributed by atoms with E-state index in [1.165, 1.54) is 16.7 Å². The molecule has 8 heteroatoms. The molecule has 1 fully saturated rings. The van der Waals surface area contributed by atoms with Crippen LogP contribution in [0.15, 0.2) is 46.9 Å². The number of rotatable bonds is 7. The first-order valence-corrected chi connectivity index (χ1v) is 12.0. The van der Waals surface area contributed by atoms with E-state index in [1.807, 2.05) is 13.8 Å². The van der Waals surface area contributed by atoms with Gasteiger partial charge >= 0.3 is 0 Å². The van der Waals surface area contributed by atoms with Crippen LogP contribution in [-0.2, 0) is 6.42 Å². The monoisotopic (exact) mass is 478 g/mol. The number of allylic oxidation sites excluding steroid dienone is 1. The molecular formula is C27H31FN4O3. The van der Waals surface area contributed by atoms with Gasteiger partial charge in [-0.3, -0.25) is 24.0 Å². The first-order chi connectivity index (χ1) is 16.8. The molecule has 0 saturated carbocycles. The van der Waals surface area contributed by atoms with Crippen molar-refractivity contribution in [2.75, 3.05) is 19.6 Å². The Morgan fingerprint density at radius 3 is 2.69 bits per heavy atom. The molecule has 35 heavy (non-hydrogen) atoms. The summed E-state index contributed by atoms with van der Waals surface area (Å²) in [5.41, 5.74) is 2.18. The zero-order chi connectivity index (χ0) is 25.1. The van der Waals surface area contributed by atoms with Crippen LogP contribution in [0.4, 0.5) is 4.39 Å². The van der Waals surface area contributed by atoms with Gasteiger partial charge in [-0.15, -0.1) is 0 Å². The van der Waals surface area contributed by atoms with Crippen LogP contribution in [-0.4, -0.2) is 51.1 Å².